The van der Waals surface area contributed by atoms with Gasteiger partial charge >= 0.3 is 0 Å². The summed E-state index contributed by atoms with van der Waals surface area (Å²) in [6, 6.07) is 11.8. The molecule has 0 N–H and O–H groups in total. The van der Waals surface area contributed by atoms with Gasteiger partial charge in [0.05, 0.1) is 29.7 Å². The number of rotatable bonds is 12. The third kappa shape index (κ3) is 8.49. The Labute approximate surface area is 261 Å². The Balaban J connectivity index is 1.39. The zero-order valence-electron chi connectivity index (χ0n) is 21.5. The normalized spacial score (nSPS) is 16.9. The van der Waals surface area contributed by atoms with Crippen LogP contribution in [0.3, 0.4) is 0 Å². The van der Waals surface area contributed by atoms with Gasteiger partial charge in [0.1, 0.15) is 17.7 Å². The number of unbranched alkanes of at least 4 members (excludes halogenated alkanes) is 6. The van der Waals surface area contributed by atoms with Crippen LogP contribution in [0.15, 0.2) is 49.7 Å². The van der Waals surface area contributed by atoms with Crippen LogP contribution in [-0.2, 0) is 0 Å². The highest BCUT2D eigenvalue weighted by Crippen LogP contribution is 2.71. The molecular weight excluding hydrogens is 621 g/mol. The van der Waals surface area contributed by atoms with E-state index in [1.54, 1.807) is 0 Å². The Morgan fingerprint density at radius 1 is 0.605 bits per heavy atom. The van der Waals surface area contributed by atoms with E-state index in [1.807, 2.05) is 107 Å². The lowest BCUT2D eigenvalue weighted by atomic mass is 10.2. The van der Waals surface area contributed by atoms with Crippen molar-refractivity contribution in [1.82, 2.24) is 0 Å². The van der Waals surface area contributed by atoms with E-state index in [2.05, 4.69) is 37.4 Å². The molecule has 0 radical (unpaired) electrons. The first-order valence-electron chi connectivity index (χ1n) is 12.9. The monoisotopic (exact) mass is 650 g/mol. The van der Waals surface area contributed by atoms with Crippen molar-refractivity contribution in [2.24, 2.45) is 0 Å². The van der Waals surface area contributed by atoms with Crippen LogP contribution in [0.5, 0.6) is 0 Å². The van der Waals surface area contributed by atoms with Crippen molar-refractivity contribution in [2.45, 2.75) is 65.2 Å². The van der Waals surface area contributed by atoms with Crippen molar-refractivity contribution in [2.75, 3.05) is 11.5 Å². The summed E-state index contributed by atoms with van der Waals surface area (Å²) < 4.78 is 10.0. The predicted octanol–water partition coefficient (Wildman–Crippen LogP) is 10.4. The van der Waals surface area contributed by atoms with Crippen molar-refractivity contribution < 1.29 is 0 Å². The molecule has 38 heavy (non-hydrogen) atoms. The van der Waals surface area contributed by atoms with E-state index in [1.165, 1.54) is 92.5 Å². The topological polar surface area (TPSA) is 47.6 Å². The van der Waals surface area contributed by atoms with E-state index >= 15 is 0 Å². The zero-order chi connectivity index (χ0) is 26.7. The molecule has 0 aromatic heterocycles. The SMILES string of the molecule is CCCCCCSC1=C(SCCCCCC)SC(=C2SC3=C(S2)SC(=c2ccc(=C(C#N)C#N)cc2)S3)S1. The standard InChI is InChI=1S/C28H30N2S8/c1-3-5-7-9-15-31-23-24(32-16-10-8-6-4-2)36-27(35-23)28-37-25-26(38-28)34-22(33-25)20-13-11-19(12-14-20)21(17-29)18-30/h11-14H,3-10,15-16H2,1-2H3. The Morgan fingerprint density at radius 3 is 1.50 bits per heavy atom. The van der Waals surface area contributed by atoms with Crippen LogP contribution in [-0.4, -0.2) is 11.5 Å². The number of hydrogen-bond donors (Lipinski definition) is 0. The molecule has 0 spiro atoms. The summed E-state index contributed by atoms with van der Waals surface area (Å²) in [6.45, 7) is 4.56. The second kappa shape index (κ2) is 16.4. The number of hydrogen-bond acceptors (Lipinski definition) is 10. The Morgan fingerprint density at radius 2 is 1.05 bits per heavy atom. The van der Waals surface area contributed by atoms with Crippen LogP contribution in [0.1, 0.15) is 65.2 Å². The fourth-order valence-corrected chi connectivity index (χ4v) is 16.3. The van der Waals surface area contributed by atoms with Gasteiger partial charge in [0.25, 0.3) is 0 Å². The highest BCUT2D eigenvalue weighted by Gasteiger charge is 2.34. The highest BCUT2D eigenvalue weighted by molar-refractivity contribution is 8.52. The van der Waals surface area contributed by atoms with Gasteiger partial charge in [0.15, 0.2) is 0 Å². The lowest BCUT2D eigenvalue weighted by Crippen LogP contribution is -2.10. The average Bonchev–Trinajstić information content (AvgIpc) is 3.63. The van der Waals surface area contributed by atoms with Gasteiger partial charge in [-0.1, -0.05) is 147 Å². The van der Waals surface area contributed by atoms with E-state index < -0.39 is 0 Å². The van der Waals surface area contributed by atoms with Gasteiger partial charge in [-0.3, -0.25) is 0 Å². The maximum atomic E-state index is 9.12. The summed E-state index contributed by atoms with van der Waals surface area (Å²) in [4.78, 5) is 0. The molecule has 0 saturated carbocycles. The first-order chi connectivity index (χ1) is 18.7. The van der Waals surface area contributed by atoms with E-state index in [9.17, 15) is 0 Å². The first kappa shape index (κ1) is 30.9. The second-order valence-corrected chi connectivity index (χ2v) is 18.8. The summed E-state index contributed by atoms with van der Waals surface area (Å²) in [6.07, 6.45) is 10.6. The minimum atomic E-state index is 0.161. The van der Waals surface area contributed by atoms with Crippen LogP contribution in [0, 0.1) is 22.7 Å². The highest BCUT2D eigenvalue weighted by atomic mass is 32.3. The van der Waals surface area contributed by atoms with Crippen LogP contribution in [0.25, 0.3) is 9.81 Å². The minimum absolute atomic E-state index is 0.161. The van der Waals surface area contributed by atoms with Crippen LogP contribution in [0.2, 0.25) is 0 Å². The van der Waals surface area contributed by atoms with Crippen molar-refractivity contribution in [3.63, 3.8) is 0 Å². The molecule has 0 unspecified atom stereocenters. The molecule has 0 fully saturated rings. The largest absolute Gasteiger partial charge is 0.192 e. The zero-order valence-corrected chi connectivity index (χ0v) is 28.1. The summed E-state index contributed by atoms with van der Waals surface area (Å²) in [5.41, 5.74) is 0.161. The van der Waals surface area contributed by atoms with Crippen molar-refractivity contribution >= 4 is 104 Å². The minimum Gasteiger partial charge on any atom is -0.192 e. The third-order valence-corrected chi connectivity index (χ3v) is 17.6. The molecule has 1 aromatic carbocycles. The first-order valence-corrected chi connectivity index (χ1v) is 19.7. The Kier molecular flexibility index (Phi) is 13.4. The van der Waals surface area contributed by atoms with Crippen molar-refractivity contribution in [3.8, 4) is 12.1 Å². The Hall–Kier alpha value is -0.0400. The molecule has 3 aliphatic rings. The average molecular weight is 651 g/mol. The number of thioether (sulfide) groups is 8. The molecule has 0 amide bonds. The van der Waals surface area contributed by atoms with Crippen molar-refractivity contribution in [1.29, 1.82) is 10.5 Å². The van der Waals surface area contributed by atoms with Gasteiger partial charge < -0.3 is 0 Å². The molecule has 200 valence electrons. The summed E-state index contributed by atoms with van der Waals surface area (Å²) >= 11 is 15.7. The van der Waals surface area contributed by atoms with Gasteiger partial charge in [0, 0.05) is 5.22 Å². The van der Waals surface area contributed by atoms with Crippen LogP contribution in [0.4, 0.5) is 0 Å². The lowest BCUT2D eigenvalue weighted by molar-refractivity contribution is 0.707. The van der Waals surface area contributed by atoms with Gasteiger partial charge in [-0.25, -0.2) is 0 Å². The second-order valence-electron chi connectivity index (χ2n) is 8.62. The Bertz CT molecular complexity index is 1240. The number of benzene rings is 1. The molecular formula is C28H30N2S8. The van der Waals surface area contributed by atoms with E-state index in [0.717, 1.165) is 5.22 Å². The summed E-state index contributed by atoms with van der Waals surface area (Å²) in [5, 5.41) is 20.1. The molecule has 10 heteroatoms. The molecule has 3 aliphatic heterocycles. The third-order valence-electron chi connectivity index (χ3n) is 5.71. The summed E-state index contributed by atoms with van der Waals surface area (Å²) in [7, 11) is 0. The molecule has 1 aromatic rings. The van der Waals surface area contributed by atoms with E-state index in [0.29, 0.717) is 5.22 Å². The molecule has 0 aliphatic carbocycles. The maximum absolute atomic E-state index is 9.12. The quantitative estimate of drug-likeness (QED) is 0.204. The smallest absolute Gasteiger partial charge is 0.136 e. The van der Waals surface area contributed by atoms with Gasteiger partial charge in [-0.2, -0.15) is 10.5 Å². The van der Waals surface area contributed by atoms with Gasteiger partial charge in [0.2, 0.25) is 0 Å². The molecule has 0 saturated heterocycles. The lowest BCUT2D eigenvalue weighted by Gasteiger charge is -2.06. The molecule has 2 nitrogen and oxygen atoms in total. The molecule has 3 heterocycles. The van der Waals surface area contributed by atoms with Gasteiger partial charge in [-0.15, -0.1) is 23.5 Å². The summed E-state index contributed by atoms with van der Waals surface area (Å²) in [5.74, 6) is 2.45. The van der Waals surface area contributed by atoms with Crippen molar-refractivity contribution in [3.05, 3.63) is 60.1 Å². The molecule has 0 bridgehead atoms. The molecule has 0 atom stereocenters. The molecule has 4 rings (SSSR count). The fourth-order valence-electron chi connectivity index (χ4n) is 3.64. The number of nitriles is 2. The van der Waals surface area contributed by atoms with E-state index in [4.69, 9.17) is 10.5 Å². The van der Waals surface area contributed by atoms with E-state index in [-0.39, 0.29) is 5.57 Å². The van der Waals surface area contributed by atoms with Crippen LogP contribution >= 0.6 is 94.1 Å². The number of nitrogens with zero attached hydrogens (tertiary/aromatic N) is 2. The fraction of sp³-hybridized carbons (Fsp3) is 0.429. The maximum Gasteiger partial charge on any atom is 0.136 e. The van der Waals surface area contributed by atoms with Crippen LogP contribution < -0.4 is 10.4 Å². The predicted molar refractivity (Wildman–Crippen MR) is 184 cm³/mol. The van der Waals surface area contributed by atoms with Gasteiger partial charge in [-0.05, 0) is 29.6 Å².